The molecule has 37 heavy (non-hydrogen) atoms. The number of pyridine rings is 1. The minimum Gasteiger partial charge on any atom is -0.294 e. The summed E-state index contributed by atoms with van der Waals surface area (Å²) in [5.41, 5.74) is 1.24. The summed E-state index contributed by atoms with van der Waals surface area (Å²) < 4.78 is 29.9. The van der Waals surface area contributed by atoms with Crippen molar-refractivity contribution in [3.05, 3.63) is 112 Å². The Morgan fingerprint density at radius 2 is 1.43 bits per heavy atom. The third-order valence-corrected chi connectivity index (χ3v) is 6.18. The molecule has 0 saturated carbocycles. The van der Waals surface area contributed by atoms with Gasteiger partial charge in [-0.05, 0) is 67.4 Å². The number of hydrogen-bond donors (Lipinski definition) is 1. The van der Waals surface area contributed by atoms with Crippen LogP contribution < -0.4 is 15.0 Å². The molecule has 0 fully saturated rings. The van der Waals surface area contributed by atoms with Gasteiger partial charge in [0.25, 0.3) is 17.2 Å². The number of rotatable bonds is 5. The lowest BCUT2D eigenvalue weighted by molar-refractivity contribution is -0.577. The maximum absolute atomic E-state index is 13.9. The Hall–Kier alpha value is -4.66. The number of carbonyl (C=O) groups is 2. The number of benzene rings is 2. The maximum atomic E-state index is 13.9. The van der Waals surface area contributed by atoms with Crippen LogP contribution in [0.4, 0.5) is 14.5 Å². The van der Waals surface area contributed by atoms with Gasteiger partial charge in [0.05, 0.1) is 16.9 Å². The summed E-state index contributed by atoms with van der Waals surface area (Å²) in [4.78, 5) is 42.4. The molecule has 2 aromatic carbocycles. The van der Waals surface area contributed by atoms with Crippen LogP contribution in [0.1, 0.15) is 36.6 Å². The van der Waals surface area contributed by atoms with Crippen LogP contribution in [0.3, 0.4) is 0 Å². The molecule has 0 aliphatic carbocycles. The molecule has 0 bridgehead atoms. The average molecular weight is 502 g/mol. The SMILES string of the molecule is Cc1ccc[n+](C2=C(c3c(C(C)C)[nH]n(-c4ccc(F)cc4)c3=O)C(=O)N(c3ccc(F)cc3)C2=O)c1. The van der Waals surface area contributed by atoms with Gasteiger partial charge in [-0.2, -0.15) is 4.57 Å². The van der Waals surface area contributed by atoms with Gasteiger partial charge in [0.15, 0.2) is 12.4 Å². The monoisotopic (exact) mass is 501 g/mol. The van der Waals surface area contributed by atoms with E-state index in [1.165, 1.54) is 45.6 Å². The number of anilines is 1. The molecule has 5 rings (SSSR count). The van der Waals surface area contributed by atoms with Gasteiger partial charge in [0.2, 0.25) is 0 Å². The molecule has 0 radical (unpaired) electrons. The maximum Gasteiger partial charge on any atom is 0.331 e. The largest absolute Gasteiger partial charge is 0.331 e. The second-order valence-corrected chi connectivity index (χ2v) is 9.11. The first-order chi connectivity index (χ1) is 17.7. The Labute approximate surface area is 210 Å². The van der Waals surface area contributed by atoms with Gasteiger partial charge >= 0.3 is 5.91 Å². The lowest BCUT2D eigenvalue weighted by atomic mass is 9.98. The number of amides is 2. The Bertz CT molecular complexity index is 1630. The second-order valence-electron chi connectivity index (χ2n) is 9.11. The fourth-order valence-corrected chi connectivity index (χ4v) is 4.43. The highest BCUT2D eigenvalue weighted by atomic mass is 19.1. The number of aryl methyl sites for hydroxylation is 1. The van der Waals surface area contributed by atoms with E-state index in [2.05, 4.69) is 5.10 Å². The first-order valence-corrected chi connectivity index (χ1v) is 11.7. The quantitative estimate of drug-likeness (QED) is 0.330. The van der Waals surface area contributed by atoms with Crippen LogP contribution in [0.15, 0.2) is 77.9 Å². The molecule has 0 saturated heterocycles. The predicted molar refractivity (Wildman–Crippen MR) is 134 cm³/mol. The fraction of sp³-hybridized carbons (Fsp3) is 0.143. The topological polar surface area (TPSA) is 79.1 Å². The number of imide groups is 1. The van der Waals surface area contributed by atoms with Crippen molar-refractivity contribution in [2.45, 2.75) is 26.7 Å². The van der Waals surface area contributed by atoms with Crippen molar-refractivity contribution in [1.29, 1.82) is 0 Å². The van der Waals surface area contributed by atoms with Crippen LogP contribution in [-0.2, 0) is 9.59 Å². The Kier molecular flexibility index (Phi) is 5.91. The highest BCUT2D eigenvalue weighted by Gasteiger charge is 2.48. The summed E-state index contributed by atoms with van der Waals surface area (Å²) in [6.45, 7) is 5.54. The van der Waals surface area contributed by atoms with Gasteiger partial charge in [-0.1, -0.05) is 13.8 Å². The third kappa shape index (κ3) is 4.08. The van der Waals surface area contributed by atoms with Crippen molar-refractivity contribution in [3.8, 4) is 5.69 Å². The van der Waals surface area contributed by atoms with E-state index in [1.54, 1.807) is 18.5 Å². The van der Waals surface area contributed by atoms with Gasteiger partial charge in [0.1, 0.15) is 17.2 Å². The van der Waals surface area contributed by atoms with Crippen LogP contribution in [0.25, 0.3) is 17.0 Å². The van der Waals surface area contributed by atoms with Crippen molar-refractivity contribution in [2.75, 3.05) is 4.90 Å². The molecule has 186 valence electrons. The summed E-state index contributed by atoms with van der Waals surface area (Å²) in [7, 11) is 0. The van der Waals surface area contributed by atoms with Crippen molar-refractivity contribution in [2.24, 2.45) is 0 Å². The molecule has 1 aliphatic heterocycles. The number of carbonyl (C=O) groups excluding carboxylic acids is 2. The standard InChI is InChI=1S/C28H22F2N4O3/c1-16(2)24-22(27(36)34(31-24)21-12-8-19(30)9-13-21)23-25(32-14-4-5-17(3)15-32)28(37)33(26(23)35)20-10-6-18(29)7-11-20/h4-16H,1-3H3/p+1. The average Bonchev–Trinajstić information content (AvgIpc) is 3.33. The lowest BCUT2D eigenvalue weighted by Gasteiger charge is -2.14. The van der Waals surface area contributed by atoms with E-state index < -0.39 is 29.0 Å². The van der Waals surface area contributed by atoms with Gasteiger partial charge in [-0.15, -0.1) is 0 Å². The van der Waals surface area contributed by atoms with Crippen LogP contribution in [0, 0.1) is 18.6 Å². The molecule has 4 aromatic rings. The van der Waals surface area contributed by atoms with E-state index in [4.69, 9.17) is 0 Å². The minimum atomic E-state index is -0.704. The summed E-state index contributed by atoms with van der Waals surface area (Å²) in [6, 6.07) is 13.9. The molecule has 0 atom stereocenters. The number of aromatic nitrogens is 3. The van der Waals surface area contributed by atoms with E-state index in [9.17, 15) is 23.2 Å². The number of nitrogens with one attached hydrogen (secondary N) is 1. The molecule has 1 aliphatic rings. The molecule has 2 aromatic heterocycles. The van der Waals surface area contributed by atoms with Gasteiger partial charge in [-0.25, -0.2) is 18.4 Å². The third-order valence-electron chi connectivity index (χ3n) is 6.18. The number of aromatic amines is 1. The zero-order chi connectivity index (χ0) is 26.4. The lowest BCUT2D eigenvalue weighted by Crippen LogP contribution is -2.39. The van der Waals surface area contributed by atoms with Gasteiger partial charge in [-0.3, -0.25) is 19.5 Å². The highest BCUT2D eigenvalue weighted by Crippen LogP contribution is 2.35. The molecular weight excluding hydrogens is 478 g/mol. The van der Waals surface area contributed by atoms with Crippen molar-refractivity contribution in [3.63, 3.8) is 0 Å². The first-order valence-electron chi connectivity index (χ1n) is 11.7. The van der Waals surface area contributed by atoms with Crippen LogP contribution in [0.2, 0.25) is 0 Å². The second kappa shape index (κ2) is 9.09. The smallest absolute Gasteiger partial charge is 0.294 e. The Morgan fingerprint density at radius 3 is 2.00 bits per heavy atom. The molecule has 3 heterocycles. The van der Waals surface area contributed by atoms with Crippen molar-refractivity contribution >= 4 is 28.8 Å². The van der Waals surface area contributed by atoms with Gasteiger partial charge < -0.3 is 0 Å². The Balaban J connectivity index is 1.80. The molecular formula is C28H23F2N4O3+. The molecule has 0 unspecified atom stereocenters. The molecule has 1 N–H and O–H groups in total. The molecule has 7 nitrogen and oxygen atoms in total. The summed E-state index contributed by atoms with van der Waals surface area (Å²) >= 11 is 0. The fourth-order valence-electron chi connectivity index (χ4n) is 4.43. The van der Waals surface area contributed by atoms with E-state index in [0.29, 0.717) is 11.4 Å². The molecule has 9 heteroatoms. The van der Waals surface area contributed by atoms with Crippen molar-refractivity contribution < 1.29 is 22.9 Å². The van der Waals surface area contributed by atoms with Crippen molar-refractivity contribution in [1.82, 2.24) is 9.78 Å². The Morgan fingerprint density at radius 1 is 0.838 bits per heavy atom. The first kappa shape index (κ1) is 24.1. The van der Waals surface area contributed by atoms with E-state index in [1.807, 2.05) is 26.8 Å². The highest BCUT2D eigenvalue weighted by molar-refractivity contribution is 6.53. The van der Waals surface area contributed by atoms with E-state index in [-0.39, 0.29) is 28.4 Å². The predicted octanol–water partition coefficient (Wildman–Crippen LogP) is 4.10. The zero-order valence-corrected chi connectivity index (χ0v) is 20.3. The van der Waals surface area contributed by atoms with E-state index >= 15 is 0 Å². The number of nitrogens with zero attached hydrogens (tertiary/aromatic N) is 3. The van der Waals surface area contributed by atoms with Gasteiger partial charge in [0, 0.05) is 17.3 Å². The van der Waals surface area contributed by atoms with Crippen LogP contribution in [0.5, 0.6) is 0 Å². The summed E-state index contributed by atoms with van der Waals surface area (Å²) in [6.07, 6.45) is 3.32. The van der Waals surface area contributed by atoms with Crippen LogP contribution >= 0.6 is 0 Å². The minimum absolute atomic E-state index is 0.00211. The zero-order valence-electron chi connectivity index (χ0n) is 20.3. The number of hydrogen-bond acceptors (Lipinski definition) is 3. The summed E-state index contributed by atoms with van der Waals surface area (Å²) in [5, 5.41) is 3.05. The number of H-pyrrole nitrogens is 1. The number of halogens is 2. The molecule has 0 spiro atoms. The normalized spacial score (nSPS) is 13.8. The summed E-state index contributed by atoms with van der Waals surface area (Å²) in [5.74, 6) is -2.56. The van der Waals surface area contributed by atoms with Crippen LogP contribution in [-0.4, -0.2) is 21.6 Å². The van der Waals surface area contributed by atoms with E-state index in [0.717, 1.165) is 22.6 Å². The molecule has 2 amide bonds.